The van der Waals surface area contributed by atoms with Crippen LogP contribution in [0.25, 0.3) is 0 Å². The van der Waals surface area contributed by atoms with Crippen LogP contribution in [0.5, 0.6) is 5.75 Å². The van der Waals surface area contributed by atoms with Crippen molar-refractivity contribution in [3.05, 3.63) is 59.4 Å². The zero-order chi connectivity index (χ0) is 24.0. The molecule has 2 aromatic carbocycles. The van der Waals surface area contributed by atoms with Crippen molar-refractivity contribution in [1.29, 1.82) is 0 Å². The average molecular weight is 480 g/mol. The maximum Gasteiger partial charge on any atom is 0.251 e. The van der Waals surface area contributed by atoms with E-state index in [1.807, 2.05) is 0 Å². The van der Waals surface area contributed by atoms with Gasteiger partial charge in [-0.2, -0.15) is 4.31 Å². The van der Waals surface area contributed by atoms with Crippen molar-refractivity contribution >= 4 is 21.8 Å². The highest BCUT2D eigenvalue weighted by Gasteiger charge is 2.30. The third kappa shape index (κ3) is 6.06. The van der Waals surface area contributed by atoms with Crippen LogP contribution in [0.4, 0.5) is 4.39 Å². The van der Waals surface area contributed by atoms with Crippen LogP contribution in [0, 0.1) is 11.7 Å². The van der Waals surface area contributed by atoms with Crippen LogP contribution in [-0.2, 0) is 26.0 Å². The first-order chi connectivity index (χ1) is 15.7. The van der Waals surface area contributed by atoms with Crippen LogP contribution in [0.1, 0.15) is 15.9 Å². The van der Waals surface area contributed by atoms with Gasteiger partial charge in [0, 0.05) is 25.2 Å². The van der Waals surface area contributed by atoms with Crippen molar-refractivity contribution < 1.29 is 31.9 Å². The van der Waals surface area contributed by atoms with E-state index in [-0.39, 0.29) is 55.5 Å². The van der Waals surface area contributed by atoms with Gasteiger partial charge in [-0.25, -0.2) is 12.8 Å². The first-order valence-corrected chi connectivity index (χ1v) is 11.7. The molecule has 1 saturated heterocycles. The van der Waals surface area contributed by atoms with E-state index in [2.05, 4.69) is 5.32 Å². The molecule has 0 bridgehead atoms. The Balaban J connectivity index is 1.75. The summed E-state index contributed by atoms with van der Waals surface area (Å²) < 4.78 is 51.0. The van der Waals surface area contributed by atoms with Gasteiger partial charge in [-0.15, -0.1) is 0 Å². The fourth-order valence-electron chi connectivity index (χ4n) is 3.44. The third-order valence-electron chi connectivity index (χ3n) is 5.32. The molecule has 1 atom stereocenters. The van der Waals surface area contributed by atoms with Gasteiger partial charge >= 0.3 is 0 Å². The molecule has 0 spiro atoms. The van der Waals surface area contributed by atoms with Crippen molar-refractivity contribution in [3.8, 4) is 5.75 Å². The minimum Gasteiger partial charge on any atom is -0.495 e. The number of nitrogens with one attached hydrogen (secondary N) is 1. The quantitative estimate of drug-likeness (QED) is 0.551. The molecule has 33 heavy (non-hydrogen) atoms. The van der Waals surface area contributed by atoms with E-state index in [4.69, 9.17) is 15.2 Å². The summed E-state index contributed by atoms with van der Waals surface area (Å²) in [7, 11) is -2.56. The Morgan fingerprint density at radius 1 is 1.18 bits per heavy atom. The lowest BCUT2D eigenvalue weighted by Crippen LogP contribution is -2.41. The van der Waals surface area contributed by atoms with E-state index in [0.717, 1.165) is 0 Å². The smallest absolute Gasteiger partial charge is 0.251 e. The van der Waals surface area contributed by atoms with Crippen LogP contribution < -0.4 is 15.8 Å². The minimum atomic E-state index is -3.91. The second kappa shape index (κ2) is 10.7. The normalized spacial score (nSPS) is 15.6. The number of benzene rings is 2. The maximum absolute atomic E-state index is 13.1. The number of ether oxygens (including phenoxy) is 2. The minimum absolute atomic E-state index is 0.0663. The SMILES string of the molecule is COc1ccc(C(=O)NCC(Cc2ccc(F)cc2)C(N)=O)cc1S(=O)(=O)N1CCOCC1. The fraction of sp³-hybridized carbons (Fsp3) is 0.364. The van der Waals surface area contributed by atoms with E-state index in [1.165, 1.54) is 41.7 Å². The van der Waals surface area contributed by atoms with Gasteiger partial charge in [0.2, 0.25) is 15.9 Å². The molecule has 1 aliphatic rings. The van der Waals surface area contributed by atoms with Gasteiger partial charge < -0.3 is 20.5 Å². The highest BCUT2D eigenvalue weighted by molar-refractivity contribution is 7.89. The van der Waals surface area contributed by atoms with Crippen molar-refractivity contribution in [3.63, 3.8) is 0 Å². The Morgan fingerprint density at radius 3 is 2.45 bits per heavy atom. The Bertz CT molecular complexity index is 1100. The number of methoxy groups -OCH3 is 1. The Morgan fingerprint density at radius 2 is 1.85 bits per heavy atom. The molecular weight excluding hydrogens is 453 g/mol. The molecule has 9 nitrogen and oxygen atoms in total. The number of amides is 2. The van der Waals surface area contributed by atoms with E-state index in [1.54, 1.807) is 12.1 Å². The molecule has 0 aromatic heterocycles. The lowest BCUT2D eigenvalue weighted by atomic mass is 9.98. The van der Waals surface area contributed by atoms with Gasteiger partial charge in [0.05, 0.1) is 26.2 Å². The van der Waals surface area contributed by atoms with Gasteiger partial charge in [0.25, 0.3) is 5.91 Å². The van der Waals surface area contributed by atoms with Crippen LogP contribution >= 0.6 is 0 Å². The Kier molecular flexibility index (Phi) is 8.01. The summed E-state index contributed by atoms with van der Waals surface area (Å²) >= 11 is 0. The Hall–Kier alpha value is -3.02. The number of nitrogens with two attached hydrogens (primary N) is 1. The number of carbonyl (C=O) groups is 2. The summed E-state index contributed by atoms with van der Waals surface area (Å²) in [5.74, 6) is -2.20. The molecule has 1 fully saturated rings. The number of carbonyl (C=O) groups excluding carboxylic acids is 2. The highest BCUT2D eigenvalue weighted by Crippen LogP contribution is 2.28. The van der Waals surface area contributed by atoms with Crippen LogP contribution in [0.15, 0.2) is 47.4 Å². The molecule has 1 heterocycles. The van der Waals surface area contributed by atoms with E-state index < -0.39 is 33.6 Å². The van der Waals surface area contributed by atoms with Gasteiger partial charge in [-0.05, 0) is 42.3 Å². The summed E-state index contributed by atoms with van der Waals surface area (Å²) in [6.45, 7) is 0.898. The van der Waals surface area contributed by atoms with Crippen molar-refractivity contribution in [2.45, 2.75) is 11.3 Å². The Labute approximate surface area is 191 Å². The van der Waals surface area contributed by atoms with Crippen molar-refractivity contribution in [1.82, 2.24) is 9.62 Å². The lowest BCUT2D eigenvalue weighted by Gasteiger charge is -2.26. The molecule has 1 unspecified atom stereocenters. The van der Waals surface area contributed by atoms with Gasteiger partial charge in [-0.3, -0.25) is 9.59 Å². The molecule has 1 aliphatic heterocycles. The molecule has 0 aliphatic carbocycles. The molecule has 0 saturated carbocycles. The number of nitrogens with zero attached hydrogens (tertiary/aromatic N) is 1. The summed E-state index contributed by atoms with van der Waals surface area (Å²) in [6, 6.07) is 9.73. The van der Waals surface area contributed by atoms with Gasteiger partial charge in [-0.1, -0.05) is 12.1 Å². The molecule has 2 amide bonds. The molecule has 3 N–H and O–H groups in total. The molecule has 2 aromatic rings. The average Bonchev–Trinajstić information content (AvgIpc) is 2.82. The molecule has 178 valence electrons. The molecule has 3 rings (SSSR count). The first kappa shape index (κ1) is 24.6. The predicted octanol–water partition coefficient (Wildman–Crippen LogP) is 0.929. The fourth-order valence-corrected chi connectivity index (χ4v) is 5.03. The number of primary amides is 1. The van der Waals surface area contributed by atoms with Crippen LogP contribution in [-0.4, -0.2) is 64.5 Å². The largest absolute Gasteiger partial charge is 0.495 e. The van der Waals surface area contributed by atoms with Gasteiger partial charge in [0.1, 0.15) is 16.5 Å². The zero-order valence-corrected chi connectivity index (χ0v) is 18.9. The molecule has 11 heteroatoms. The summed E-state index contributed by atoms with van der Waals surface area (Å²) in [4.78, 5) is 24.5. The second-order valence-electron chi connectivity index (χ2n) is 7.52. The highest BCUT2D eigenvalue weighted by atomic mass is 32.2. The van der Waals surface area contributed by atoms with Crippen molar-refractivity contribution in [2.75, 3.05) is 40.0 Å². The number of rotatable bonds is 9. The zero-order valence-electron chi connectivity index (χ0n) is 18.1. The third-order valence-corrected chi connectivity index (χ3v) is 7.24. The lowest BCUT2D eigenvalue weighted by molar-refractivity contribution is -0.121. The van der Waals surface area contributed by atoms with E-state index >= 15 is 0 Å². The van der Waals surface area contributed by atoms with Crippen molar-refractivity contribution in [2.24, 2.45) is 11.7 Å². The summed E-state index contributed by atoms with van der Waals surface area (Å²) in [5, 5.41) is 2.62. The number of sulfonamides is 1. The summed E-state index contributed by atoms with van der Waals surface area (Å²) in [6.07, 6.45) is 0.217. The van der Waals surface area contributed by atoms with Crippen LogP contribution in [0.3, 0.4) is 0 Å². The standard InChI is InChI=1S/C22H26FN3O6S/c1-31-19-7-4-16(13-20(19)33(29,30)26-8-10-32-11-9-26)22(28)25-14-17(21(24)27)12-15-2-5-18(23)6-3-15/h2-7,13,17H,8-12,14H2,1H3,(H2,24,27)(H,25,28). The molecular formula is C22H26FN3O6S. The summed E-state index contributed by atoms with van der Waals surface area (Å²) in [5.41, 5.74) is 6.25. The topological polar surface area (TPSA) is 128 Å². The first-order valence-electron chi connectivity index (χ1n) is 10.3. The van der Waals surface area contributed by atoms with E-state index in [0.29, 0.717) is 5.56 Å². The molecule has 0 radical (unpaired) electrons. The van der Waals surface area contributed by atoms with Crippen LogP contribution in [0.2, 0.25) is 0 Å². The predicted molar refractivity (Wildman–Crippen MR) is 118 cm³/mol. The van der Waals surface area contributed by atoms with Gasteiger partial charge in [0.15, 0.2) is 0 Å². The maximum atomic E-state index is 13.1. The number of morpholine rings is 1. The number of halogens is 1. The number of hydrogen-bond acceptors (Lipinski definition) is 6. The number of hydrogen-bond donors (Lipinski definition) is 2. The monoisotopic (exact) mass is 479 g/mol. The second-order valence-corrected chi connectivity index (χ2v) is 9.43. The van der Waals surface area contributed by atoms with E-state index in [9.17, 15) is 22.4 Å².